The zero-order valence-corrected chi connectivity index (χ0v) is 11.4. The van der Waals surface area contributed by atoms with Gasteiger partial charge in [0.05, 0.1) is 21.6 Å². The van der Waals surface area contributed by atoms with Crippen LogP contribution in [0.25, 0.3) is 0 Å². The molecule has 0 aliphatic heterocycles. The quantitative estimate of drug-likeness (QED) is 0.615. The lowest BCUT2D eigenvalue weighted by Crippen LogP contribution is -1.91. The summed E-state index contributed by atoms with van der Waals surface area (Å²) in [5.41, 5.74) is 0.203. The van der Waals surface area contributed by atoms with E-state index in [9.17, 15) is 10.1 Å². The van der Waals surface area contributed by atoms with Gasteiger partial charge in [0.2, 0.25) is 0 Å². The third kappa shape index (κ3) is 2.99. The highest BCUT2D eigenvalue weighted by atomic mass is 35.5. The van der Waals surface area contributed by atoms with Crippen molar-refractivity contribution < 1.29 is 9.66 Å². The molecule has 2 aromatic rings. The normalized spacial score (nSPS) is 9.85. The van der Waals surface area contributed by atoms with E-state index >= 15 is 0 Å². The number of hydrogen-bond acceptors (Lipinski definition) is 4. The van der Waals surface area contributed by atoms with Crippen LogP contribution in [0.1, 0.15) is 5.56 Å². The molecular formula is C13H6Cl2N2O3. The molecule has 2 rings (SSSR count). The molecule has 0 N–H and O–H groups in total. The zero-order chi connectivity index (χ0) is 14.7. The predicted octanol–water partition coefficient (Wildman–Crippen LogP) is 4.57. The van der Waals surface area contributed by atoms with E-state index < -0.39 is 4.92 Å². The molecule has 5 nitrogen and oxygen atoms in total. The Morgan fingerprint density at radius 2 is 1.90 bits per heavy atom. The summed E-state index contributed by atoms with van der Waals surface area (Å²) in [7, 11) is 0. The second kappa shape index (κ2) is 5.78. The van der Waals surface area contributed by atoms with Gasteiger partial charge in [-0.15, -0.1) is 0 Å². The monoisotopic (exact) mass is 308 g/mol. The van der Waals surface area contributed by atoms with Gasteiger partial charge in [-0.05, 0) is 24.3 Å². The SMILES string of the molecule is N#Cc1ccc(Oc2ccc([N+](=O)[O-])c(Cl)c2)c(Cl)c1. The van der Waals surface area contributed by atoms with Crippen LogP contribution in [0.2, 0.25) is 10.0 Å². The standard InChI is InChI=1S/C13H6Cl2N2O3/c14-10-6-9(2-3-12(10)17(18)19)20-13-4-1-8(7-16)5-11(13)15/h1-6H. The molecule has 0 saturated carbocycles. The molecule has 0 amide bonds. The summed E-state index contributed by atoms with van der Waals surface area (Å²) in [6.07, 6.45) is 0. The van der Waals surface area contributed by atoms with E-state index in [1.807, 2.05) is 6.07 Å². The minimum Gasteiger partial charge on any atom is -0.456 e. The molecule has 100 valence electrons. The maximum atomic E-state index is 10.6. The molecule has 0 aliphatic rings. The molecule has 7 heteroatoms. The molecule has 0 radical (unpaired) electrons. The van der Waals surface area contributed by atoms with Gasteiger partial charge in [0.1, 0.15) is 16.5 Å². The Kier molecular flexibility index (Phi) is 4.08. The molecule has 0 aliphatic carbocycles. The van der Waals surface area contributed by atoms with Crippen molar-refractivity contribution >= 4 is 28.9 Å². The molecule has 0 bridgehead atoms. The van der Waals surface area contributed by atoms with Crippen molar-refractivity contribution in [1.82, 2.24) is 0 Å². The van der Waals surface area contributed by atoms with Crippen molar-refractivity contribution in [2.45, 2.75) is 0 Å². The number of rotatable bonds is 3. The van der Waals surface area contributed by atoms with Crippen molar-refractivity contribution in [2.24, 2.45) is 0 Å². The van der Waals surface area contributed by atoms with Crippen molar-refractivity contribution in [1.29, 1.82) is 5.26 Å². The van der Waals surface area contributed by atoms with Crippen LogP contribution in [0.5, 0.6) is 11.5 Å². The number of benzene rings is 2. The first-order valence-electron chi connectivity index (χ1n) is 5.32. The lowest BCUT2D eigenvalue weighted by Gasteiger charge is -2.08. The maximum absolute atomic E-state index is 10.6. The molecule has 0 atom stereocenters. The summed E-state index contributed by atoms with van der Waals surface area (Å²) in [6.45, 7) is 0. The lowest BCUT2D eigenvalue weighted by atomic mass is 10.2. The van der Waals surface area contributed by atoms with Crippen molar-refractivity contribution in [2.75, 3.05) is 0 Å². The minimum absolute atomic E-state index is 0.0303. The Hall–Kier alpha value is -2.29. The van der Waals surface area contributed by atoms with Crippen molar-refractivity contribution in [3.05, 3.63) is 62.1 Å². The zero-order valence-electron chi connectivity index (χ0n) is 9.84. The smallest absolute Gasteiger partial charge is 0.288 e. The minimum atomic E-state index is -0.583. The van der Waals surface area contributed by atoms with Crippen LogP contribution in [0.15, 0.2) is 36.4 Å². The molecule has 20 heavy (non-hydrogen) atoms. The molecule has 0 heterocycles. The van der Waals surface area contributed by atoms with Gasteiger partial charge in [-0.25, -0.2) is 0 Å². The van der Waals surface area contributed by atoms with E-state index in [1.54, 1.807) is 6.07 Å². The maximum Gasteiger partial charge on any atom is 0.288 e. The Morgan fingerprint density at radius 3 is 2.45 bits per heavy atom. The number of nitro benzene ring substituents is 1. The number of ether oxygens (including phenoxy) is 1. The fraction of sp³-hybridized carbons (Fsp3) is 0. The van der Waals surface area contributed by atoms with E-state index in [4.69, 9.17) is 33.2 Å². The van der Waals surface area contributed by atoms with E-state index in [0.717, 1.165) is 0 Å². The molecule has 0 aromatic heterocycles. The van der Waals surface area contributed by atoms with E-state index in [-0.39, 0.29) is 15.7 Å². The van der Waals surface area contributed by atoms with Crippen molar-refractivity contribution in [3.63, 3.8) is 0 Å². The van der Waals surface area contributed by atoms with Gasteiger partial charge in [-0.1, -0.05) is 23.2 Å². The van der Waals surface area contributed by atoms with Gasteiger partial charge in [0.25, 0.3) is 5.69 Å². The van der Waals surface area contributed by atoms with E-state index in [1.165, 1.54) is 30.3 Å². The van der Waals surface area contributed by atoms with Gasteiger partial charge in [0, 0.05) is 12.1 Å². The van der Waals surface area contributed by atoms with Gasteiger partial charge in [-0.3, -0.25) is 10.1 Å². The van der Waals surface area contributed by atoms with Gasteiger partial charge in [-0.2, -0.15) is 5.26 Å². The first-order chi connectivity index (χ1) is 9.51. The Balaban J connectivity index is 2.29. The van der Waals surface area contributed by atoms with Crippen LogP contribution in [0, 0.1) is 21.4 Å². The molecule has 0 fully saturated rings. The molecule has 0 spiro atoms. The predicted molar refractivity (Wildman–Crippen MR) is 74.3 cm³/mol. The fourth-order valence-corrected chi connectivity index (χ4v) is 1.94. The first-order valence-corrected chi connectivity index (χ1v) is 6.08. The number of nitro groups is 1. The number of nitrogens with zero attached hydrogens (tertiary/aromatic N) is 2. The summed E-state index contributed by atoms with van der Waals surface area (Å²) in [4.78, 5) is 10.1. The Bertz CT molecular complexity index is 726. The summed E-state index contributed by atoms with van der Waals surface area (Å²) >= 11 is 11.7. The summed E-state index contributed by atoms with van der Waals surface area (Å²) in [5.74, 6) is 0.641. The van der Waals surface area contributed by atoms with E-state index in [2.05, 4.69) is 0 Å². The van der Waals surface area contributed by atoms with Crippen LogP contribution in [0.4, 0.5) is 5.69 Å². The van der Waals surface area contributed by atoms with Gasteiger partial charge < -0.3 is 4.74 Å². The number of halogens is 2. The highest BCUT2D eigenvalue weighted by Gasteiger charge is 2.13. The van der Waals surface area contributed by atoms with Crippen LogP contribution in [0.3, 0.4) is 0 Å². The number of nitriles is 1. The van der Waals surface area contributed by atoms with E-state index in [0.29, 0.717) is 17.1 Å². The van der Waals surface area contributed by atoms with Gasteiger partial charge >= 0.3 is 0 Å². The fourth-order valence-electron chi connectivity index (χ4n) is 1.48. The van der Waals surface area contributed by atoms with Crippen LogP contribution in [-0.2, 0) is 0 Å². The van der Waals surface area contributed by atoms with Crippen molar-refractivity contribution in [3.8, 4) is 17.6 Å². The highest BCUT2D eigenvalue weighted by molar-refractivity contribution is 6.33. The van der Waals surface area contributed by atoms with Gasteiger partial charge in [0.15, 0.2) is 0 Å². The molecule has 0 unspecified atom stereocenters. The van der Waals surface area contributed by atoms with Crippen LogP contribution in [-0.4, -0.2) is 4.92 Å². The second-order valence-corrected chi connectivity index (χ2v) is 4.54. The number of hydrogen-bond donors (Lipinski definition) is 0. The largest absolute Gasteiger partial charge is 0.456 e. The Morgan fingerprint density at radius 1 is 1.15 bits per heavy atom. The summed E-state index contributed by atoms with van der Waals surface area (Å²) < 4.78 is 5.48. The first kappa shape index (κ1) is 14.1. The Labute approximate surface area is 124 Å². The third-order valence-electron chi connectivity index (χ3n) is 2.40. The third-order valence-corrected chi connectivity index (χ3v) is 3.00. The lowest BCUT2D eigenvalue weighted by molar-refractivity contribution is -0.384. The topological polar surface area (TPSA) is 76.2 Å². The average Bonchev–Trinajstić information content (AvgIpc) is 2.40. The highest BCUT2D eigenvalue weighted by Crippen LogP contribution is 2.34. The second-order valence-electron chi connectivity index (χ2n) is 3.73. The summed E-state index contributed by atoms with van der Waals surface area (Å²) in [5, 5.41) is 19.6. The average molecular weight is 309 g/mol. The van der Waals surface area contributed by atoms with Crippen LogP contribution < -0.4 is 4.74 Å². The molecule has 0 saturated heterocycles. The van der Waals surface area contributed by atoms with Crippen LogP contribution >= 0.6 is 23.2 Å². The summed E-state index contributed by atoms with van der Waals surface area (Å²) in [6, 6.07) is 10.5. The molecular weight excluding hydrogens is 303 g/mol. The molecule has 2 aromatic carbocycles.